The molecule has 2 atom stereocenters. The molecule has 1 aromatic carbocycles. The van der Waals surface area contributed by atoms with Crippen LogP contribution in [0.5, 0.6) is 0 Å². The van der Waals surface area contributed by atoms with Gasteiger partial charge < -0.3 is 0 Å². The van der Waals surface area contributed by atoms with Crippen LogP contribution in [0.15, 0.2) is 36.4 Å². The lowest BCUT2D eigenvalue weighted by atomic mass is 10.0. The van der Waals surface area contributed by atoms with E-state index in [1.54, 1.807) is 26.6 Å². The molecule has 53 heavy (non-hydrogen) atoms. The second-order valence-electron chi connectivity index (χ2n) is 16.0. The van der Waals surface area contributed by atoms with Crippen molar-refractivity contribution in [2.24, 2.45) is 5.92 Å². The summed E-state index contributed by atoms with van der Waals surface area (Å²) in [4.78, 5) is 37.0. The topological polar surface area (TPSA) is 37.4 Å². The van der Waals surface area contributed by atoms with E-state index in [0.29, 0.717) is 23.6 Å². The first kappa shape index (κ1) is 40.3. The van der Waals surface area contributed by atoms with Gasteiger partial charge in [0, 0.05) is 30.9 Å². The van der Waals surface area contributed by atoms with Crippen LogP contribution in [0.1, 0.15) is 166 Å². The summed E-state index contributed by atoms with van der Waals surface area (Å²) in [6.07, 6.45) is 21.0. The lowest BCUT2D eigenvalue weighted by molar-refractivity contribution is 0.0651. The molecule has 2 aliphatic heterocycles. The molecule has 5 heterocycles. The number of benzene rings is 1. The fourth-order valence-electron chi connectivity index (χ4n) is 9.00. The molecule has 286 valence electrons. The summed E-state index contributed by atoms with van der Waals surface area (Å²) in [5.74, 6) is 0.531. The third-order valence-corrected chi connectivity index (χ3v) is 21.2. The zero-order valence-electron chi connectivity index (χ0n) is 33.5. The van der Waals surface area contributed by atoms with Gasteiger partial charge in [-0.15, -0.1) is 34.0 Å². The van der Waals surface area contributed by atoms with Gasteiger partial charge in [0.25, 0.3) is 11.8 Å². The van der Waals surface area contributed by atoms with Gasteiger partial charge in [0.15, 0.2) is 8.07 Å². The second-order valence-corrected chi connectivity index (χ2v) is 23.4. The van der Waals surface area contributed by atoms with Gasteiger partial charge in [-0.2, -0.15) is 0 Å². The third-order valence-electron chi connectivity index (χ3n) is 12.1. The highest BCUT2D eigenvalue weighted by Crippen LogP contribution is 2.48. The smallest absolute Gasteiger partial charge is 0.263 e. The Morgan fingerprint density at radius 1 is 0.642 bits per heavy atom. The van der Waals surface area contributed by atoms with E-state index >= 15 is 0 Å². The predicted molar refractivity (Wildman–Crippen MR) is 235 cm³/mol. The fraction of sp³-hybridized carbons (Fsp3) is 0.565. The first-order chi connectivity index (χ1) is 25.8. The molecular formula is C46H63NO2S3Si. The zero-order valence-corrected chi connectivity index (χ0v) is 36.9. The molecule has 0 aliphatic carbocycles. The van der Waals surface area contributed by atoms with Gasteiger partial charge in [-0.1, -0.05) is 142 Å². The number of thiophene rings is 3. The number of rotatable bonds is 22. The Hall–Kier alpha value is -2.32. The maximum absolute atomic E-state index is 14.2. The summed E-state index contributed by atoms with van der Waals surface area (Å²) in [5, 5.41) is 4.70. The summed E-state index contributed by atoms with van der Waals surface area (Å²) < 4.78 is 0. The van der Waals surface area contributed by atoms with E-state index in [1.807, 2.05) is 29.6 Å². The standard InChI is InChI=1S/C46H63NO2S3Si/c1-7-11-14-15-16-17-18-19-20-21-28-47-45(48)40-33(6)51-42(41(40)46(47)49)37-30-39-44(52-37)43-38(29-32(5)50-43)53(39,31-34(10-4)22-12-8-2)36-26-24-35(25-27-36)23-13-9-3/h24-27,29-30,34H,7-23,28,31H2,1-6H3. The van der Waals surface area contributed by atoms with Crippen LogP contribution in [-0.2, 0) is 6.42 Å². The van der Waals surface area contributed by atoms with Gasteiger partial charge >= 0.3 is 0 Å². The minimum Gasteiger partial charge on any atom is -0.274 e. The molecule has 2 amide bonds. The van der Waals surface area contributed by atoms with Gasteiger partial charge in [-0.05, 0) is 78.3 Å². The Balaban J connectivity index is 1.30. The van der Waals surface area contributed by atoms with Gasteiger partial charge in [0.2, 0.25) is 0 Å². The molecule has 2 unspecified atom stereocenters. The summed E-state index contributed by atoms with van der Waals surface area (Å²) >= 11 is 5.51. The van der Waals surface area contributed by atoms with Crippen molar-refractivity contribution in [2.75, 3.05) is 6.54 Å². The lowest BCUT2D eigenvalue weighted by Gasteiger charge is -2.33. The quantitative estimate of drug-likeness (QED) is 0.0452. The molecule has 4 aromatic rings. The number of carbonyl (C=O) groups excluding carboxylic acids is 2. The Morgan fingerprint density at radius 2 is 1.25 bits per heavy atom. The third kappa shape index (κ3) is 8.29. The molecule has 3 nitrogen and oxygen atoms in total. The number of carbonyl (C=O) groups is 2. The molecule has 3 aromatic heterocycles. The van der Waals surface area contributed by atoms with E-state index in [2.05, 4.69) is 71.0 Å². The van der Waals surface area contributed by atoms with Crippen LogP contribution in [0.3, 0.4) is 0 Å². The van der Waals surface area contributed by atoms with Crippen molar-refractivity contribution < 1.29 is 9.59 Å². The largest absolute Gasteiger partial charge is 0.274 e. The molecule has 7 heteroatoms. The predicted octanol–water partition coefficient (Wildman–Crippen LogP) is 12.7. The van der Waals surface area contributed by atoms with E-state index in [4.69, 9.17) is 0 Å². The van der Waals surface area contributed by atoms with E-state index in [0.717, 1.165) is 29.0 Å². The molecule has 0 saturated heterocycles. The van der Waals surface area contributed by atoms with Crippen LogP contribution in [-0.4, -0.2) is 31.3 Å². The molecule has 0 bridgehead atoms. The van der Waals surface area contributed by atoms with Crippen LogP contribution >= 0.6 is 34.0 Å². The number of imide groups is 1. The van der Waals surface area contributed by atoms with Crippen LogP contribution in [0, 0.1) is 19.8 Å². The number of unbranched alkanes of at least 4 members (excludes halogenated alkanes) is 11. The highest BCUT2D eigenvalue weighted by molar-refractivity contribution is 7.33. The van der Waals surface area contributed by atoms with Gasteiger partial charge in [0.05, 0.1) is 16.0 Å². The van der Waals surface area contributed by atoms with E-state index in [-0.39, 0.29) is 11.8 Å². The van der Waals surface area contributed by atoms with E-state index < -0.39 is 8.07 Å². The normalized spacial score (nSPS) is 16.8. The Morgan fingerprint density at radius 3 is 1.91 bits per heavy atom. The van der Waals surface area contributed by atoms with Crippen molar-refractivity contribution in [1.29, 1.82) is 0 Å². The summed E-state index contributed by atoms with van der Waals surface area (Å²) in [5.41, 5.74) is 2.79. The number of hydrogen-bond donors (Lipinski definition) is 0. The van der Waals surface area contributed by atoms with E-state index in [1.165, 1.54) is 126 Å². The van der Waals surface area contributed by atoms with Crippen molar-refractivity contribution in [2.45, 2.75) is 157 Å². The maximum Gasteiger partial charge on any atom is 0.263 e. The van der Waals surface area contributed by atoms with Crippen LogP contribution in [0.25, 0.3) is 19.5 Å². The number of fused-ring (bicyclic) bond motifs is 4. The molecule has 0 saturated carbocycles. The minimum atomic E-state index is -2.37. The number of hydrogen-bond acceptors (Lipinski definition) is 5. The average molecular weight is 786 g/mol. The summed E-state index contributed by atoms with van der Waals surface area (Å²) in [7, 11) is -2.37. The zero-order chi connectivity index (χ0) is 37.5. The Kier molecular flexibility index (Phi) is 14.1. The summed E-state index contributed by atoms with van der Waals surface area (Å²) in [6, 6.07) is 16.1. The van der Waals surface area contributed by atoms with E-state index in [9.17, 15) is 9.59 Å². The minimum absolute atomic E-state index is 0.0710. The average Bonchev–Trinajstić information content (AvgIpc) is 3.95. The van der Waals surface area contributed by atoms with Gasteiger partial charge in [-0.25, -0.2) is 0 Å². The van der Waals surface area contributed by atoms with Gasteiger partial charge in [-0.3, -0.25) is 14.5 Å². The SMILES string of the molecule is CCCCCCCCCCCCN1C(=O)c2c(C)sc(-c3cc4c(s3)-c3sc(C)cc3[Si]4(CC(CC)CCCC)c3ccc(CCCC)cc3)c2C1=O. The van der Waals surface area contributed by atoms with Crippen LogP contribution in [0.4, 0.5) is 0 Å². The number of nitrogens with zero attached hydrogens (tertiary/aromatic N) is 1. The Bertz CT molecular complexity index is 1850. The fourth-order valence-corrected chi connectivity index (χ4v) is 19.7. The van der Waals surface area contributed by atoms with Gasteiger partial charge in [0.1, 0.15) is 0 Å². The first-order valence-electron chi connectivity index (χ1n) is 21.1. The molecule has 0 spiro atoms. The molecular weight excluding hydrogens is 723 g/mol. The number of aryl methyl sites for hydroxylation is 3. The summed E-state index contributed by atoms with van der Waals surface area (Å²) in [6.45, 7) is 14.1. The highest BCUT2D eigenvalue weighted by Gasteiger charge is 2.51. The molecule has 2 aliphatic rings. The first-order valence-corrected chi connectivity index (χ1v) is 25.8. The van der Waals surface area contributed by atoms with Crippen molar-refractivity contribution in [1.82, 2.24) is 4.90 Å². The van der Waals surface area contributed by atoms with Crippen molar-refractivity contribution in [3.05, 3.63) is 62.8 Å². The van der Waals surface area contributed by atoms with Crippen LogP contribution < -0.4 is 15.6 Å². The van der Waals surface area contributed by atoms with Crippen molar-refractivity contribution >= 4 is 69.5 Å². The lowest BCUT2D eigenvalue weighted by Crippen LogP contribution is -2.65. The monoisotopic (exact) mass is 785 g/mol. The highest BCUT2D eigenvalue weighted by atomic mass is 32.1. The maximum atomic E-state index is 14.2. The van der Waals surface area contributed by atoms with Crippen molar-refractivity contribution in [3.8, 4) is 19.5 Å². The number of amides is 2. The second kappa shape index (κ2) is 18.5. The van der Waals surface area contributed by atoms with Crippen LogP contribution in [0.2, 0.25) is 6.04 Å². The molecule has 0 fully saturated rings. The molecule has 0 N–H and O–H groups in total. The molecule has 0 radical (unpaired) electrons. The Labute approximate surface area is 333 Å². The molecule has 6 rings (SSSR count). The van der Waals surface area contributed by atoms with Crippen molar-refractivity contribution in [3.63, 3.8) is 0 Å².